The number of carbonyl (C=O) groups is 1. The predicted molar refractivity (Wildman–Crippen MR) is 109 cm³/mol. The fraction of sp³-hybridized carbons (Fsp3) is 0.200. The van der Waals surface area contributed by atoms with E-state index in [0.29, 0.717) is 39.1 Å². The Morgan fingerprint density at radius 2 is 1.96 bits per heavy atom. The third-order valence-corrected chi connectivity index (χ3v) is 4.57. The number of rotatable bonds is 5. The van der Waals surface area contributed by atoms with Crippen molar-refractivity contribution < 1.29 is 18.7 Å². The van der Waals surface area contributed by atoms with Gasteiger partial charge in [0.25, 0.3) is 5.91 Å². The molecule has 2 aromatic rings. The Morgan fingerprint density at radius 3 is 2.64 bits per heavy atom. The zero-order valence-corrected chi connectivity index (χ0v) is 16.4. The number of amides is 1. The Bertz CT molecular complexity index is 961. The van der Waals surface area contributed by atoms with Crippen LogP contribution in [0.5, 0.6) is 11.5 Å². The number of methoxy groups -OCH3 is 2. The first-order valence-corrected chi connectivity index (χ1v) is 8.91. The van der Waals surface area contributed by atoms with Gasteiger partial charge in [-0.2, -0.15) is 0 Å². The second-order valence-electron chi connectivity index (χ2n) is 6.15. The number of hydrogen-bond acceptors (Lipinski definition) is 4. The summed E-state index contributed by atoms with van der Waals surface area (Å²) in [6, 6.07) is 10.6. The second kappa shape index (κ2) is 8.26. The summed E-state index contributed by atoms with van der Waals surface area (Å²) in [5, 5.41) is 9.20. The maximum absolute atomic E-state index is 13.8. The van der Waals surface area contributed by atoms with E-state index in [1.54, 1.807) is 37.3 Å². The van der Waals surface area contributed by atoms with Crippen LogP contribution in [-0.4, -0.2) is 25.2 Å². The fourth-order valence-electron chi connectivity index (χ4n) is 3.03. The van der Waals surface area contributed by atoms with E-state index in [1.807, 2.05) is 0 Å². The molecule has 0 unspecified atom stereocenters. The maximum atomic E-state index is 13.8. The molecule has 1 aliphatic rings. The molecule has 8 heteroatoms. The molecule has 1 amide bonds. The minimum Gasteiger partial charge on any atom is -0.497 e. The first kappa shape index (κ1) is 19.6. The molecule has 0 bridgehead atoms. The largest absolute Gasteiger partial charge is 0.497 e. The molecule has 0 aliphatic carbocycles. The molecule has 1 atom stereocenters. The molecule has 1 heterocycles. The Labute approximate surface area is 167 Å². The molecule has 2 aromatic carbocycles. The molecule has 0 spiro atoms. The first-order chi connectivity index (χ1) is 13.4. The summed E-state index contributed by atoms with van der Waals surface area (Å²) < 4.78 is 24.3. The molecule has 28 heavy (non-hydrogen) atoms. The summed E-state index contributed by atoms with van der Waals surface area (Å²) in [6.07, 6.45) is 0. The van der Waals surface area contributed by atoms with Crippen molar-refractivity contribution in [3.63, 3.8) is 0 Å². The van der Waals surface area contributed by atoms with Gasteiger partial charge in [-0.1, -0.05) is 12.1 Å². The van der Waals surface area contributed by atoms with Crippen LogP contribution in [0.3, 0.4) is 0 Å². The van der Waals surface area contributed by atoms with Crippen molar-refractivity contribution >= 4 is 28.9 Å². The zero-order chi connectivity index (χ0) is 20.3. The van der Waals surface area contributed by atoms with Gasteiger partial charge >= 0.3 is 0 Å². The molecule has 3 N–H and O–H groups in total. The first-order valence-electron chi connectivity index (χ1n) is 8.50. The lowest BCUT2D eigenvalue weighted by atomic mass is 9.95. The molecule has 3 rings (SSSR count). The lowest BCUT2D eigenvalue weighted by Gasteiger charge is -2.30. The summed E-state index contributed by atoms with van der Waals surface area (Å²) in [4.78, 5) is 13.1. The van der Waals surface area contributed by atoms with Crippen molar-refractivity contribution in [2.45, 2.75) is 13.0 Å². The van der Waals surface area contributed by atoms with Crippen molar-refractivity contribution in [1.82, 2.24) is 10.6 Å². The molecule has 0 saturated heterocycles. The Morgan fingerprint density at radius 1 is 1.18 bits per heavy atom. The molecule has 0 aromatic heterocycles. The fourth-order valence-corrected chi connectivity index (χ4v) is 3.30. The number of nitrogens with one attached hydrogen (secondary N) is 3. The van der Waals surface area contributed by atoms with Crippen molar-refractivity contribution in [3.05, 3.63) is 65.1 Å². The van der Waals surface area contributed by atoms with Gasteiger partial charge in [0.15, 0.2) is 5.11 Å². The second-order valence-corrected chi connectivity index (χ2v) is 6.55. The summed E-state index contributed by atoms with van der Waals surface area (Å²) >= 11 is 5.22. The minimum atomic E-state index is -0.596. The van der Waals surface area contributed by atoms with E-state index in [1.165, 1.54) is 26.4 Å². The van der Waals surface area contributed by atoms with Crippen molar-refractivity contribution in [1.29, 1.82) is 0 Å². The highest BCUT2D eigenvalue weighted by atomic mass is 32.1. The van der Waals surface area contributed by atoms with Crippen molar-refractivity contribution in [2.24, 2.45) is 0 Å². The average molecular weight is 401 g/mol. The normalized spacial score (nSPS) is 16.1. The summed E-state index contributed by atoms with van der Waals surface area (Å²) in [5.74, 6) is 0.294. The van der Waals surface area contributed by atoms with Crippen LogP contribution in [0.2, 0.25) is 0 Å². The van der Waals surface area contributed by atoms with E-state index in [9.17, 15) is 9.18 Å². The van der Waals surface area contributed by atoms with Crippen molar-refractivity contribution in [3.8, 4) is 11.5 Å². The molecule has 1 aliphatic heterocycles. The highest BCUT2D eigenvalue weighted by Gasteiger charge is 2.30. The number of carbonyl (C=O) groups excluding carboxylic acids is 1. The van der Waals surface area contributed by atoms with Crippen LogP contribution < -0.4 is 25.4 Å². The van der Waals surface area contributed by atoms with Gasteiger partial charge in [-0.15, -0.1) is 0 Å². The number of anilines is 1. The number of thiocarbonyl (C=S) groups is 1. The van der Waals surface area contributed by atoms with Crippen LogP contribution in [0.1, 0.15) is 18.5 Å². The predicted octanol–water partition coefficient (Wildman–Crippen LogP) is 3.27. The van der Waals surface area contributed by atoms with E-state index in [0.717, 1.165) is 0 Å². The van der Waals surface area contributed by atoms with Crippen LogP contribution in [0.4, 0.5) is 10.1 Å². The highest BCUT2D eigenvalue weighted by molar-refractivity contribution is 7.80. The van der Waals surface area contributed by atoms with Gasteiger partial charge in [0.05, 0.1) is 31.5 Å². The summed E-state index contributed by atoms with van der Waals surface area (Å²) in [6.45, 7) is 1.75. The van der Waals surface area contributed by atoms with Gasteiger partial charge in [-0.3, -0.25) is 4.79 Å². The molecule has 6 nitrogen and oxygen atoms in total. The monoisotopic (exact) mass is 401 g/mol. The third kappa shape index (κ3) is 4.07. The lowest BCUT2D eigenvalue weighted by Crippen LogP contribution is -2.45. The van der Waals surface area contributed by atoms with Gasteiger partial charge in [-0.25, -0.2) is 4.39 Å². The Hall–Kier alpha value is -3.13. The summed E-state index contributed by atoms with van der Waals surface area (Å²) in [5.41, 5.74) is 2.02. The van der Waals surface area contributed by atoms with Crippen LogP contribution in [0, 0.1) is 5.82 Å². The van der Waals surface area contributed by atoms with Gasteiger partial charge in [0.1, 0.15) is 17.3 Å². The van der Waals surface area contributed by atoms with Gasteiger partial charge in [0.2, 0.25) is 0 Å². The van der Waals surface area contributed by atoms with Crippen LogP contribution >= 0.6 is 12.2 Å². The van der Waals surface area contributed by atoms with Crippen LogP contribution in [-0.2, 0) is 4.79 Å². The number of benzene rings is 2. The third-order valence-electron chi connectivity index (χ3n) is 4.35. The minimum absolute atomic E-state index is 0.363. The molecule has 0 radical (unpaired) electrons. The van der Waals surface area contributed by atoms with E-state index in [2.05, 4.69) is 16.0 Å². The topological polar surface area (TPSA) is 71.6 Å². The molecule has 0 saturated carbocycles. The number of allylic oxidation sites excluding steroid dienone is 1. The SMILES string of the molecule is COc1ccc(OC)c(NC(=O)C2=C(C)NC(=S)N[C@H]2c2cccc(F)c2)c1. The average Bonchev–Trinajstić information content (AvgIpc) is 2.67. The van der Waals surface area contributed by atoms with E-state index >= 15 is 0 Å². The van der Waals surface area contributed by atoms with E-state index in [4.69, 9.17) is 21.7 Å². The molecular formula is C20H20FN3O3S. The standard InChI is InChI=1S/C20H20FN3O3S/c1-11-17(18(24-20(28)22-11)12-5-4-6-13(21)9-12)19(25)23-15-10-14(26-2)7-8-16(15)27-3/h4-10,18H,1-3H3,(H,23,25)(H2,22,24,28)/t18-/m0/s1. The number of ether oxygens (including phenoxy) is 2. The Balaban J connectivity index is 1.98. The number of halogens is 1. The lowest BCUT2D eigenvalue weighted by molar-refractivity contribution is -0.113. The van der Waals surface area contributed by atoms with Gasteiger partial charge < -0.3 is 25.4 Å². The maximum Gasteiger partial charge on any atom is 0.255 e. The van der Waals surface area contributed by atoms with Crippen LogP contribution in [0.25, 0.3) is 0 Å². The smallest absolute Gasteiger partial charge is 0.255 e. The summed E-state index contributed by atoms with van der Waals surface area (Å²) in [7, 11) is 3.05. The van der Waals surface area contributed by atoms with E-state index in [-0.39, 0.29) is 5.91 Å². The molecular weight excluding hydrogens is 381 g/mol. The quantitative estimate of drug-likeness (QED) is 0.668. The number of hydrogen-bond donors (Lipinski definition) is 3. The van der Waals surface area contributed by atoms with Crippen LogP contribution in [0.15, 0.2) is 53.7 Å². The Kier molecular flexibility index (Phi) is 5.79. The van der Waals surface area contributed by atoms with E-state index < -0.39 is 11.9 Å². The molecule has 0 fully saturated rings. The highest BCUT2D eigenvalue weighted by Crippen LogP contribution is 2.32. The molecule has 146 valence electrons. The zero-order valence-electron chi connectivity index (χ0n) is 15.6. The van der Waals surface area contributed by atoms with Gasteiger partial charge in [-0.05, 0) is 49.0 Å². The van der Waals surface area contributed by atoms with Crippen molar-refractivity contribution in [2.75, 3.05) is 19.5 Å². The van der Waals surface area contributed by atoms with Gasteiger partial charge in [0, 0.05) is 11.8 Å².